The van der Waals surface area contributed by atoms with E-state index in [-0.39, 0.29) is 19.0 Å². The van der Waals surface area contributed by atoms with Gasteiger partial charge in [-0.2, -0.15) is 0 Å². The third-order valence-corrected chi connectivity index (χ3v) is 3.09. The molecule has 2 fully saturated rings. The summed E-state index contributed by atoms with van der Waals surface area (Å²) in [7, 11) is 0. The number of carboxylic acid groups (broad SMARTS) is 1. The second-order valence-electron chi connectivity index (χ2n) is 4.36. The van der Waals surface area contributed by atoms with Crippen molar-refractivity contribution in [3.8, 4) is 0 Å². The van der Waals surface area contributed by atoms with Crippen LogP contribution in [0.15, 0.2) is 0 Å². The first-order valence-electron chi connectivity index (χ1n) is 5.40. The van der Waals surface area contributed by atoms with Crippen LogP contribution in [0, 0.1) is 5.92 Å². The quantitative estimate of drug-likeness (QED) is 0.669. The monoisotopic (exact) mass is 212 g/mol. The fourth-order valence-electron chi connectivity index (χ4n) is 1.92. The van der Waals surface area contributed by atoms with Crippen LogP contribution in [-0.4, -0.2) is 47.6 Å². The van der Waals surface area contributed by atoms with Gasteiger partial charge in [0.15, 0.2) is 0 Å². The molecule has 1 saturated carbocycles. The molecule has 0 aromatic heterocycles. The number of piperazine rings is 1. The number of carboxylic acids is 1. The molecule has 1 amide bonds. The number of amides is 1. The molecule has 1 unspecified atom stereocenters. The molecule has 0 aromatic rings. The van der Waals surface area contributed by atoms with Crippen molar-refractivity contribution >= 4 is 11.9 Å². The van der Waals surface area contributed by atoms with E-state index < -0.39 is 12.0 Å². The zero-order valence-corrected chi connectivity index (χ0v) is 8.61. The van der Waals surface area contributed by atoms with Crippen molar-refractivity contribution in [2.75, 3.05) is 19.6 Å². The van der Waals surface area contributed by atoms with Gasteiger partial charge in [-0.25, -0.2) is 0 Å². The molecule has 2 rings (SSSR count). The minimum Gasteiger partial charge on any atom is -0.480 e. The van der Waals surface area contributed by atoms with E-state index in [1.165, 1.54) is 12.8 Å². The highest BCUT2D eigenvalue weighted by Gasteiger charge is 2.32. The van der Waals surface area contributed by atoms with Gasteiger partial charge in [-0.3, -0.25) is 14.5 Å². The highest BCUT2D eigenvalue weighted by Crippen LogP contribution is 2.32. The lowest BCUT2D eigenvalue weighted by atomic mass is 10.1. The van der Waals surface area contributed by atoms with Crippen LogP contribution >= 0.6 is 0 Å². The Bertz CT molecular complexity index is 276. The topological polar surface area (TPSA) is 69.6 Å². The molecule has 1 heterocycles. The standard InChI is InChI=1S/C10H16N2O3/c13-9-6-12(4-3-7-1-2-7)8(5-11-9)10(14)15/h7-8H,1-6H2,(H,11,13)(H,14,15). The lowest BCUT2D eigenvalue weighted by Gasteiger charge is -2.32. The largest absolute Gasteiger partial charge is 0.480 e. The molecule has 0 bridgehead atoms. The predicted octanol–water partition coefficient (Wildman–Crippen LogP) is -0.328. The van der Waals surface area contributed by atoms with Crippen molar-refractivity contribution < 1.29 is 14.7 Å². The maximum Gasteiger partial charge on any atom is 0.322 e. The van der Waals surface area contributed by atoms with E-state index in [0.717, 1.165) is 18.9 Å². The molecule has 5 nitrogen and oxygen atoms in total. The Labute approximate surface area is 88.4 Å². The van der Waals surface area contributed by atoms with E-state index in [1.54, 1.807) is 4.90 Å². The first-order valence-corrected chi connectivity index (χ1v) is 5.40. The number of nitrogens with zero attached hydrogens (tertiary/aromatic N) is 1. The zero-order chi connectivity index (χ0) is 10.8. The molecule has 0 aromatic carbocycles. The van der Waals surface area contributed by atoms with E-state index in [2.05, 4.69) is 5.32 Å². The summed E-state index contributed by atoms with van der Waals surface area (Å²) >= 11 is 0. The number of rotatable bonds is 4. The lowest BCUT2D eigenvalue weighted by Crippen LogP contribution is -2.57. The van der Waals surface area contributed by atoms with Gasteiger partial charge in [-0.05, 0) is 18.9 Å². The van der Waals surface area contributed by atoms with Crippen LogP contribution in [0.25, 0.3) is 0 Å². The molecule has 0 radical (unpaired) electrons. The minimum atomic E-state index is -0.842. The summed E-state index contributed by atoms with van der Waals surface area (Å²) in [5.41, 5.74) is 0. The predicted molar refractivity (Wildman–Crippen MR) is 53.3 cm³/mol. The molecule has 1 atom stereocenters. The molecule has 2 aliphatic rings. The summed E-state index contributed by atoms with van der Waals surface area (Å²) in [5, 5.41) is 11.6. The summed E-state index contributed by atoms with van der Waals surface area (Å²) in [6, 6.07) is -0.540. The molecule has 5 heteroatoms. The van der Waals surface area contributed by atoms with E-state index in [1.807, 2.05) is 0 Å². The average molecular weight is 212 g/mol. The highest BCUT2D eigenvalue weighted by molar-refractivity contribution is 5.83. The van der Waals surface area contributed by atoms with Gasteiger partial charge in [0.05, 0.1) is 6.54 Å². The second kappa shape index (κ2) is 4.18. The molecule has 84 valence electrons. The Kier molecular flexibility index (Phi) is 2.90. The fraction of sp³-hybridized carbons (Fsp3) is 0.800. The SMILES string of the molecule is O=C1CN(CCC2CC2)C(C(=O)O)CN1. The van der Waals surface area contributed by atoms with Crippen LogP contribution in [-0.2, 0) is 9.59 Å². The summed E-state index contributed by atoms with van der Waals surface area (Å²) in [4.78, 5) is 23.9. The van der Waals surface area contributed by atoms with Crippen molar-refractivity contribution in [2.24, 2.45) is 5.92 Å². The Morgan fingerprint density at radius 3 is 2.87 bits per heavy atom. The first-order chi connectivity index (χ1) is 7.16. The molecule has 1 aliphatic heterocycles. The van der Waals surface area contributed by atoms with Crippen LogP contribution in [0.4, 0.5) is 0 Å². The third kappa shape index (κ3) is 2.68. The van der Waals surface area contributed by atoms with E-state index >= 15 is 0 Å². The molecule has 15 heavy (non-hydrogen) atoms. The van der Waals surface area contributed by atoms with E-state index in [0.29, 0.717) is 0 Å². The summed E-state index contributed by atoms with van der Waals surface area (Å²) in [5.74, 6) is -0.140. The lowest BCUT2D eigenvalue weighted by molar-refractivity contribution is -0.146. The van der Waals surface area contributed by atoms with Gasteiger partial charge in [0.25, 0.3) is 0 Å². The smallest absolute Gasteiger partial charge is 0.322 e. The van der Waals surface area contributed by atoms with Gasteiger partial charge in [0.2, 0.25) is 5.91 Å². The maximum atomic E-state index is 11.2. The summed E-state index contributed by atoms with van der Waals surface area (Å²) in [6.07, 6.45) is 3.55. The third-order valence-electron chi connectivity index (χ3n) is 3.09. The van der Waals surface area contributed by atoms with Gasteiger partial charge < -0.3 is 10.4 Å². The van der Waals surface area contributed by atoms with Gasteiger partial charge in [-0.1, -0.05) is 12.8 Å². The Morgan fingerprint density at radius 2 is 2.27 bits per heavy atom. The van der Waals surface area contributed by atoms with E-state index in [9.17, 15) is 9.59 Å². The number of aliphatic carboxylic acids is 1. The average Bonchev–Trinajstić information content (AvgIpc) is 2.97. The Morgan fingerprint density at radius 1 is 1.53 bits per heavy atom. The first kappa shape index (κ1) is 10.4. The second-order valence-corrected chi connectivity index (χ2v) is 4.36. The Balaban J connectivity index is 1.89. The molecule has 1 aliphatic carbocycles. The summed E-state index contributed by atoms with van der Waals surface area (Å²) in [6.45, 7) is 1.19. The number of hydrogen-bond donors (Lipinski definition) is 2. The molecule has 1 saturated heterocycles. The van der Waals surface area contributed by atoms with Crippen molar-refractivity contribution in [1.29, 1.82) is 0 Å². The molecular formula is C10H16N2O3. The van der Waals surface area contributed by atoms with Crippen LogP contribution in [0.1, 0.15) is 19.3 Å². The fourth-order valence-corrected chi connectivity index (χ4v) is 1.92. The van der Waals surface area contributed by atoms with Crippen molar-refractivity contribution in [3.05, 3.63) is 0 Å². The molecule has 0 spiro atoms. The number of carbonyl (C=O) groups is 2. The van der Waals surface area contributed by atoms with E-state index in [4.69, 9.17) is 5.11 Å². The Hall–Kier alpha value is -1.10. The molecule has 2 N–H and O–H groups in total. The summed E-state index contributed by atoms with van der Waals surface area (Å²) < 4.78 is 0. The van der Waals surface area contributed by atoms with Crippen LogP contribution in [0.3, 0.4) is 0 Å². The number of nitrogens with one attached hydrogen (secondary N) is 1. The van der Waals surface area contributed by atoms with Gasteiger partial charge in [0.1, 0.15) is 6.04 Å². The van der Waals surface area contributed by atoms with Crippen molar-refractivity contribution in [1.82, 2.24) is 10.2 Å². The number of carbonyl (C=O) groups excluding carboxylic acids is 1. The molecular weight excluding hydrogens is 196 g/mol. The highest BCUT2D eigenvalue weighted by atomic mass is 16.4. The van der Waals surface area contributed by atoms with Crippen LogP contribution in [0.2, 0.25) is 0 Å². The minimum absolute atomic E-state index is 0.0664. The van der Waals surface area contributed by atoms with Crippen molar-refractivity contribution in [3.63, 3.8) is 0 Å². The maximum absolute atomic E-state index is 11.2. The van der Waals surface area contributed by atoms with Crippen molar-refractivity contribution in [2.45, 2.75) is 25.3 Å². The van der Waals surface area contributed by atoms with Crippen LogP contribution in [0.5, 0.6) is 0 Å². The zero-order valence-electron chi connectivity index (χ0n) is 8.61. The number of hydrogen-bond acceptors (Lipinski definition) is 3. The van der Waals surface area contributed by atoms with Gasteiger partial charge in [0, 0.05) is 6.54 Å². The van der Waals surface area contributed by atoms with Gasteiger partial charge >= 0.3 is 5.97 Å². The normalized spacial score (nSPS) is 27.5. The van der Waals surface area contributed by atoms with Gasteiger partial charge in [-0.15, -0.1) is 0 Å². The van der Waals surface area contributed by atoms with Crippen LogP contribution < -0.4 is 5.32 Å².